The zero-order valence-electron chi connectivity index (χ0n) is 8.41. The molecule has 1 aromatic rings. The van der Waals surface area contributed by atoms with Gasteiger partial charge in [0.15, 0.2) is 0 Å². The van der Waals surface area contributed by atoms with Crippen molar-refractivity contribution in [2.75, 3.05) is 18.1 Å². The number of hydrogen-bond acceptors (Lipinski definition) is 5. The van der Waals surface area contributed by atoms with Gasteiger partial charge in [-0.25, -0.2) is 9.18 Å². The van der Waals surface area contributed by atoms with Crippen LogP contribution in [0.3, 0.4) is 0 Å². The van der Waals surface area contributed by atoms with E-state index in [4.69, 9.17) is 10.8 Å². The van der Waals surface area contributed by atoms with Crippen LogP contribution in [0.1, 0.15) is 6.04 Å². The Balaban J connectivity index is 2.29. The molecule has 0 aromatic carbocycles. The van der Waals surface area contributed by atoms with Gasteiger partial charge in [-0.05, 0) is 6.07 Å². The molecular weight excluding hydrogens is 233 g/mol. The monoisotopic (exact) mass is 245 g/mol. The molecule has 88 valence electrons. The minimum absolute atomic E-state index is 0.126. The van der Waals surface area contributed by atoms with E-state index in [0.717, 1.165) is 0 Å². The van der Waals surface area contributed by atoms with Gasteiger partial charge < -0.3 is 10.8 Å². The van der Waals surface area contributed by atoms with Gasteiger partial charge in [0.1, 0.15) is 12.0 Å². The Labute approximate surface area is 95.5 Å². The van der Waals surface area contributed by atoms with Crippen molar-refractivity contribution < 1.29 is 9.50 Å². The van der Waals surface area contributed by atoms with Crippen molar-refractivity contribution in [2.24, 2.45) is 0 Å². The lowest BCUT2D eigenvalue weighted by Crippen LogP contribution is -2.33. The van der Waals surface area contributed by atoms with Gasteiger partial charge in [0, 0.05) is 11.9 Å². The lowest BCUT2D eigenvalue weighted by atomic mass is 10.1. The number of anilines is 1. The molecule has 0 radical (unpaired) electrons. The maximum absolute atomic E-state index is 13.8. The van der Waals surface area contributed by atoms with Gasteiger partial charge in [-0.3, -0.25) is 4.57 Å². The topological polar surface area (TPSA) is 81.1 Å². The van der Waals surface area contributed by atoms with Crippen molar-refractivity contribution in [2.45, 2.75) is 17.5 Å². The van der Waals surface area contributed by atoms with Gasteiger partial charge in [0.2, 0.25) is 0 Å². The fourth-order valence-electron chi connectivity index (χ4n) is 1.72. The van der Waals surface area contributed by atoms with Crippen LogP contribution >= 0.6 is 11.8 Å². The molecule has 3 atom stereocenters. The lowest BCUT2D eigenvalue weighted by Gasteiger charge is -2.16. The first-order valence-electron chi connectivity index (χ1n) is 4.84. The van der Waals surface area contributed by atoms with Gasteiger partial charge in [-0.15, -0.1) is 0 Å². The highest BCUT2D eigenvalue weighted by Gasteiger charge is 2.38. The van der Waals surface area contributed by atoms with Crippen LogP contribution < -0.4 is 11.4 Å². The summed E-state index contributed by atoms with van der Waals surface area (Å²) in [5.74, 6) is 0.582. The second-order valence-electron chi connectivity index (χ2n) is 3.61. The minimum Gasteiger partial charge on any atom is -0.395 e. The Kier molecular flexibility index (Phi) is 3.15. The Bertz CT molecular complexity index is 439. The van der Waals surface area contributed by atoms with Crippen molar-refractivity contribution in [3.05, 3.63) is 22.7 Å². The summed E-state index contributed by atoms with van der Waals surface area (Å²) in [4.78, 5) is 15.1. The Hall–Kier alpha value is -1.08. The summed E-state index contributed by atoms with van der Waals surface area (Å²) < 4.78 is 15.1. The van der Waals surface area contributed by atoms with E-state index in [-0.39, 0.29) is 12.4 Å². The Morgan fingerprint density at radius 2 is 2.50 bits per heavy atom. The first kappa shape index (κ1) is 11.4. The van der Waals surface area contributed by atoms with E-state index in [1.807, 2.05) is 0 Å². The molecule has 1 aliphatic rings. The number of halogens is 1. The number of nitrogens with two attached hydrogens (primary N) is 1. The molecule has 1 saturated heterocycles. The summed E-state index contributed by atoms with van der Waals surface area (Å²) in [6.45, 7) is -0.223. The Morgan fingerprint density at radius 3 is 3.06 bits per heavy atom. The quantitative estimate of drug-likeness (QED) is 0.755. The fourth-order valence-corrected chi connectivity index (χ4v) is 2.98. The van der Waals surface area contributed by atoms with Crippen LogP contribution in [-0.2, 0) is 0 Å². The van der Waals surface area contributed by atoms with Crippen molar-refractivity contribution >= 4 is 17.6 Å². The van der Waals surface area contributed by atoms with E-state index in [1.54, 1.807) is 0 Å². The maximum atomic E-state index is 13.8. The standard InChI is InChI=1S/C9H12FN3O2S/c10-8-5(4-16-6(8)3-14)13-2-1-7(11)12-9(13)15/h1-2,5-6,8,14H,3-4H2,(H2,11,12,15)/t5-,6-,8+/m1/s1. The molecule has 1 aliphatic heterocycles. The predicted molar refractivity (Wildman–Crippen MR) is 60.2 cm³/mol. The minimum atomic E-state index is -1.24. The summed E-state index contributed by atoms with van der Waals surface area (Å²) in [5.41, 5.74) is 4.80. The van der Waals surface area contributed by atoms with E-state index in [2.05, 4.69) is 4.98 Å². The van der Waals surface area contributed by atoms with Crippen molar-refractivity contribution in [1.29, 1.82) is 0 Å². The van der Waals surface area contributed by atoms with Crippen LogP contribution in [0.4, 0.5) is 10.2 Å². The normalized spacial score (nSPS) is 29.5. The SMILES string of the molecule is Nc1ccn([C@@H]2CS[C@H](CO)[C@H]2F)c(=O)n1. The molecule has 0 aliphatic carbocycles. The molecule has 2 rings (SSSR count). The van der Waals surface area contributed by atoms with Gasteiger partial charge in [0.25, 0.3) is 0 Å². The van der Waals surface area contributed by atoms with Gasteiger partial charge in [0.05, 0.1) is 17.9 Å². The van der Waals surface area contributed by atoms with E-state index in [9.17, 15) is 9.18 Å². The number of aliphatic hydroxyl groups is 1. The summed E-state index contributed by atoms with van der Waals surface area (Å²) in [5, 5.41) is 8.47. The summed E-state index contributed by atoms with van der Waals surface area (Å²) in [7, 11) is 0. The third kappa shape index (κ3) is 1.92. The maximum Gasteiger partial charge on any atom is 0.349 e. The number of alkyl halides is 1. The number of aromatic nitrogens is 2. The van der Waals surface area contributed by atoms with Crippen LogP contribution in [0.15, 0.2) is 17.1 Å². The molecule has 1 aromatic heterocycles. The summed E-state index contributed by atoms with van der Waals surface area (Å²) in [6, 6.07) is 0.896. The van der Waals surface area contributed by atoms with E-state index in [1.165, 1.54) is 28.6 Å². The molecule has 1 fully saturated rings. The van der Waals surface area contributed by atoms with Gasteiger partial charge in [-0.1, -0.05) is 0 Å². The highest BCUT2D eigenvalue weighted by Crippen LogP contribution is 2.36. The molecule has 5 nitrogen and oxygen atoms in total. The number of nitrogens with zero attached hydrogens (tertiary/aromatic N) is 2. The van der Waals surface area contributed by atoms with Crippen LogP contribution in [-0.4, -0.2) is 38.4 Å². The highest BCUT2D eigenvalue weighted by atomic mass is 32.2. The summed E-state index contributed by atoms with van der Waals surface area (Å²) >= 11 is 1.32. The van der Waals surface area contributed by atoms with E-state index >= 15 is 0 Å². The predicted octanol–water partition coefficient (Wildman–Crippen LogP) is -0.188. The molecule has 16 heavy (non-hydrogen) atoms. The van der Waals surface area contributed by atoms with Gasteiger partial charge >= 0.3 is 5.69 Å². The number of aliphatic hydroxyl groups excluding tert-OH is 1. The first-order chi connectivity index (χ1) is 7.63. The summed E-state index contributed by atoms with van der Waals surface area (Å²) in [6.07, 6.45) is 0.209. The average Bonchev–Trinajstić information content (AvgIpc) is 2.60. The first-order valence-corrected chi connectivity index (χ1v) is 5.89. The van der Waals surface area contributed by atoms with Crippen LogP contribution in [0, 0.1) is 0 Å². The second kappa shape index (κ2) is 4.42. The molecule has 2 heterocycles. The van der Waals surface area contributed by atoms with Crippen molar-refractivity contribution in [1.82, 2.24) is 9.55 Å². The van der Waals surface area contributed by atoms with Gasteiger partial charge in [-0.2, -0.15) is 16.7 Å². The lowest BCUT2D eigenvalue weighted by molar-refractivity contribution is 0.196. The van der Waals surface area contributed by atoms with Crippen molar-refractivity contribution in [3.63, 3.8) is 0 Å². The molecule has 0 spiro atoms. The molecule has 0 amide bonds. The smallest absolute Gasteiger partial charge is 0.349 e. The number of rotatable bonds is 2. The zero-order valence-corrected chi connectivity index (χ0v) is 9.23. The largest absolute Gasteiger partial charge is 0.395 e. The molecule has 3 N–H and O–H groups in total. The number of hydrogen-bond donors (Lipinski definition) is 2. The third-order valence-corrected chi connectivity index (χ3v) is 3.96. The molecule has 0 saturated carbocycles. The fraction of sp³-hybridized carbons (Fsp3) is 0.556. The second-order valence-corrected chi connectivity index (χ2v) is 4.88. The average molecular weight is 245 g/mol. The van der Waals surface area contributed by atoms with Crippen LogP contribution in [0.25, 0.3) is 0 Å². The zero-order chi connectivity index (χ0) is 11.7. The number of thioether (sulfide) groups is 1. The van der Waals surface area contributed by atoms with Crippen LogP contribution in [0.2, 0.25) is 0 Å². The van der Waals surface area contributed by atoms with E-state index < -0.39 is 23.2 Å². The molecule has 0 unspecified atom stereocenters. The van der Waals surface area contributed by atoms with E-state index in [0.29, 0.717) is 5.75 Å². The highest BCUT2D eigenvalue weighted by molar-refractivity contribution is 8.00. The molecule has 0 bridgehead atoms. The third-order valence-electron chi connectivity index (χ3n) is 2.59. The molecule has 7 heteroatoms. The van der Waals surface area contributed by atoms with Crippen molar-refractivity contribution in [3.8, 4) is 0 Å². The molecular formula is C9H12FN3O2S. The number of nitrogen functional groups attached to an aromatic ring is 1. The Morgan fingerprint density at radius 1 is 1.75 bits per heavy atom. The van der Waals surface area contributed by atoms with Crippen LogP contribution in [0.5, 0.6) is 0 Å².